The minimum atomic E-state index is 0.313. The molecule has 1 aliphatic heterocycles. The maximum Gasteiger partial charge on any atom is 0.0912 e. The van der Waals surface area contributed by atoms with E-state index < -0.39 is 0 Å². The third-order valence-corrected chi connectivity index (χ3v) is 4.43. The Kier molecular flexibility index (Phi) is 4.65. The molecule has 102 valence electrons. The fraction of sp³-hybridized carbons (Fsp3) is 0.714. The van der Waals surface area contributed by atoms with Gasteiger partial charge in [-0.25, -0.2) is 0 Å². The smallest absolute Gasteiger partial charge is 0.0912 e. The van der Waals surface area contributed by atoms with Crippen molar-refractivity contribution in [2.45, 2.75) is 20.8 Å². The van der Waals surface area contributed by atoms with Gasteiger partial charge in [0.05, 0.1) is 5.00 Å². The molecule has 0 unspecified atom stereocenters. The summed E-state index contributed by atoms with van der Waals surface area (Å²) in [6.45, 7) is 13.7. The van der Waals surface area contributed by atoms with Crippen molar-refractivity contribution < 1.29 is 0 Å². The van der Waals surface area contributed by atoms with Crippen LogP contribution in [0.3, 0.4) is 0 Å². The number of nitrogens with one attached hydrogen (secondary N) is 2. The molecule has 0 radical (unpaired) electrons. The molecule has 2 heterocycles. The van der Waals surface area contributed by atoms with Gasteiger partial charge in [0.2, 0.25) is 0 Å². The summed E-state index contributed by atoms with van der Waals surface area (Å²) < 4.78 is 0. The Morgan fingerprint density at radius 1 is 1.39 bits per heavy atom. The Labute approximate surface area is 115 Å². The number of hydrogen-bond donors (Lipinski definition) is 2. The van der Waals surface area contributed by atoms with Gasteiger partial charge in [-0.3, -0.25) is 0 Å². The van der Waals surface area contributed by atoms with Crippen molar-refractivity contribution in [3.8, 4) is 0 Å². The molecule has 1 aromatic heterocycles. The monoisotopic (exact) mass is 267 g/mol. The van der Waals surface area contributed by atoms with E-state index in [1.807, 2.05) is 0 Å². The number of aryl methyl sites for hydroxylation is 1. The lowest BCUT2D eigenvalue weighted by molar-refractivity contribution is 0.168. The van der Waals surface area contributed by atoms with Crippen LogP contribution in [-0.2, 0) is 0 Å². The van der Waals surface area contributed by atoms with E-state index in [4.69, 9.17) is 0 Å². The molecule has 1 aromatic rings. The van der Waals surface area contributed by atoms with Crippen molar-refractivity contribution in [2.24, 2.45) is 5.41 Å². The van der Waals surface area contributed by atoms with Gasteiger partial charge in [-0.1, -0.05) is 13.8 Å². The van der Waals surface area contributed by atoms with Gasteiger partial charge in [-0.15, -0.1) is 11.3 Å². The average Bonchev–Trinajstić information content (AvgIpc) is 2.73. The molecule has 0 amide bonds. The van der Waals surface area contributed by atoms with Gasteiger partial charge in [0.15, 0.2) is 0 Å². The van der Waals surface area contributed by atoms with E-state index >= 15 is 0 Å². The molecular weight excluding hydrogens is 242 g/mol. The second-order valence-electron chi connectivity index (χ2n) is 5.98. The largest absolute Gasteiger partial charge is 0.376 e. The van der Waals surface area contributed by atoms with Crippen molar-refractivity contribution in [3.05, 3.63) is 17.0 Å². The summed E-state index contributed by atoms with van der Waals surface area (Å²) in [5.41, 5.74) is 1.67. The molecule has 2 rings (SSSR count). The summed E-state index contributed by atoms with van der Waals surface area (Å²) in [5, 5.41) is 10.5. The van der Waals surface area contributed by atoms with Crippen LogP contribution in [0.5, 0.6) is 0 Å². The summed E-state index contributed by atoms with van der Waals surface area (Å²) in [5.74, 6) is 0. The van der Waals surface area contributed by atoms with Gasteiger partial charge in [0.25, 0.3) is 0 Å². The molecule has 1 saturated heterocycles. The average molecular weight is 267 g/mol. The first-order chi connectivity index (χ1) is 8.57. The first-order valence-corrected chi connectivity index (χ1v) is 7.66. The van der Waals surface area contributed by atoms with Crippen LogP contribution in [-0.4, -0.2) is 44.2 Å². The number of rotatable bonds is 5. The lowest BCUT2D eigenvalue weighted by Gasteiger charge is -2.35. The highest BCUT2D eigenvalue weighted by Gasteiger charge is 2.23. The fourth-order valence-electron chi connectivity index (χ4n) is 2.40. The summed E-state index contributed by atoms with van der Waals surface area (Å²) >= 11 is 1.80. The number of nitrogens with zero attached hydrogens (tertiary/aromatic N) is 1. The lowest BCUT2D eigenvalue weighted by atomic mass is 9.92. The highest BCUT2D eigenvalue weighted by molar-refractivity contribution is 7.14. The lowest BCUT2D eigenvalue weighted by Crippen LogP contribution is -2.48. The zero-order chi connectivity index (χ0) is 13.0. The maximum atomic E-state index is 3.60. The van der Waals surface area contributed by atoms with E-state index in [-0.39, 0.29) is 0 Å². The van der Waals surface area contributed by atoms with Gasteiger partial charge in [-0.05, 0) is 29.3 Å². The van der Waals surface area contributed by atoms with Crippen molar-refractivity contribution in [2.75, 3.05) is 44.6 Å². The Bertz CT molecular complexity index is 367. The van der Waals surface area contributed by atoms with Crippen LogP contribution in [0.2, 0.25) is 0 Å². The number of piperazine rings is 1. The second kappa shape index (κ2) is 6.04. The zero-order valence-electron chi connectivity index (χ0n) is 11.8. The molecule has 3 nitrogen and oxygen atoms in total. The molecule has 0 saturated carbocycles. The van der Waals surface area contributed by atoms with Crippen LogP contribution in [0, 0.1) is 12.3 Å². The van der Waals surface area contributed by atoms with Crippen molar-refractivity contribution in [1.82, 2.24) is 10.2 Å². The minimum Gasteiger partial charge on any atom is -0.376 e. The number of anilines is 1. The van der Waals surface area contributed by atoms with Gasteiger partial charge in [0.1, 0.15) is 0 Å². The predicted molar refractivity (Wildman–Crippen MR) is 80.6 cm³/mol. The molecule has 0 spiro atoms. The van der Waals surface area contributed by atoms with Crippen molar-refractivity contribution in [3.63, 3.8) is 0 Å². The summed E-state index contributed by atoms with van der Waals surface area (Å²) in [6.07, 6.45) is 0. The molecular formula is C14H25N3S. The number of thiophene rings is 1. The third kappa shape index (κ3) is 3.97. The zero-order valence-corrected chi connectivity index (χ0v) is 12.6. The van der Waals surface area contributed by atoms with E-state index in [0.29, 0.717) is 5.41 Å². The van der Waals surface area contributed by atoms with E-state index in [9.17, 15) is 0 Å². The standard InChI is InChI=1S/C14H25N3S/c1-12-4-9-18-13(12)16-10-14(2,3)11-17-7-5-15-6-8-17/h4,9,15-16H,5-8,10-11H2,1-3H3. The van der Waals surface area contributed by atoms with Crippen LogP contribution >= 0.6 is 11.3 Å². The van der Waals surface area contributed by atoms with Crippen LogP contribution in [0.4, 0.5) is 5.00 Å². The first kappa shape index (κ1) is 13.8. The van der Waals surface area contributed by atoms with Gasteiger partial charge in [-0.2, -0.15) is 0 Å². The molecule has 1 aliphatic rings. The van der Waals surface area contributed by atoms with Crippen molar-refractivity contribution in [1.29, 1.82) is 0 Å². The summed E-state index contributed by atoms with van der Waals surface area (Å²) in [6, 6.07) is 2.18. The highest BCUT2D eigenvalue weighted by atomic mass is 32.1. The van der Waals surface area contributed by atoms with E-state index in [1.54, 1.807) is 11.3 Å². The second-order valence-corrected chi connectivity index (χ2v) is 6.89. The predicted octanol–water partition coefficient (Wildman–Crippen LogP) is 2.40. The van der Waals surface area contributed by atoms with Crippen LogP contribution in [0.1, 0.15) is 19.4 Å². The Morgan fingerprint density at radius 3 is 2.72 bits per heavy atom. The molecule has 0 aromatic carbocycles. The molecule has 0 aliphatic carbocycles. The first-order valence-electron chi connectivity index (χ1n) is 6.78. The van der Waals surface area contributed by atoms with Crippen LogP contribution < -0.4 is 10.6 Å². The van der Waals surface area contributed by atoms with Crippen LogP contribution in [0.25, 0.3) is 0 Å². The van der Waals surface area contributed by atoms with E-state index in [2.05, 4.69) is 47.8 Å². The summed E-state index contributed by atoms with van der Waals surface area (Å²) in [4.78, 5) is 2.57. The van der Waals surface area contributed by atoms with Crippen LogP contribution in [0.15, 0.2) is 11.4 Å². The van der Waals surface area contributed by atoms with Gasteiger partial charge in [0, 0.05) is 39.3 Å². The molecule has 0 bridgehead atoms. The molecule has 18 heavy (non-hydrogen) atoms. The van der Waals surface area contributed by atoms with Gasteiger partial charge >= 0.3 is 0 Å². The Hall–Kier alpha value is -0.580. The molecule has 2 N–H and O–H groups in total. The SMILES string of the molecule is Cc1ccsc1NCC(C)(C)CN1CCNCC1. The van der Waals surface area contributed by atoms with E-state index in [0.717, 1.165) is 19.6 Å². The molecule has 0 atom stereocenters. The van der Waals surface area contributed by atoms with Gasteiger partial charge < -0.3 is 15.5 Å². The number of hydrogen-bond acceptors (Lipinski definition) is 4. The Morgan fingerprint density at radius 2 is 2.11 bits per heavy atom. The molecule has 4 heteroatoms. The fourth-order valence-corrected chi connectivity index (χ4v) is 3.22. The quantitative estimate of drug-likeness (QED) is 0.858. The van der Waals surface area contributed by atoms with Crippen molar-refractivity contribution >= 4 is 16.3 Å². The Balaban J connectivity index is 1.81. The summed E-state index contributed by atoms with van der Waals surface area (Å²) in [7, 11) is 0. The maximum absolute atomic E-state index is 3.60. The normalized spacial score (nSPS) is 17.9. The topological polar surface area (TPSA) is 27.3 Å². The molecule has 1 fully saturated rings. The highest BCUT2D eigenvalue weighted by Crippen LogP contribution is 2.25. The third-order valence-electron chi connectivity index (χ3n) is 3.45. The minimum absolute atomic E-state index is 0.313. The van der Waals surface area contributed by atoms with E-state index in [1.165, 1.54) is 30.2 Å².